The number of methoxy groups -OCH3 is 1. The topological polar surface area (TPSA) is 78.8 Å². The summed E-state index contributed by atoms with van der Waals surface area (Å²) in [6.45, 7) is -0.127. The second-order valence-corrected chi connectivity index (χ2v) is 3.29. The minimum atomic E-state index is -0.843. The van der Waals surface area contributed by atoms with E-state index in [1.54, 1.807) is 18.2 Å². The van der Waals surface area contributed by atoms with Crippen molar-refractivity contribution in [1.29, 1.82) is 0 Å². The van der Waals surface area contributed by atoms with Gasteiger partial charge in [0.05, 0.1) is 25.5 Å². The van der Waals surface area contributed by atoms with Crippen LogP contribution in [0, 0.1) is 0 Å². The van der Waals surface area contributed by atoms with Crippen LogP contribution in [0.2, 0.25) is 0 Å². The van der Waals surface area contributed by atoms with Gasteiger partial charge in [0.25, 0.3) is 0 Å². The maximum atomic E-state index is 10.6. The van der Waals surface area contributed by atoms with E-state index in [2.05, 4.69) is 5.32 Å². The molecular formula is C11H15NO4. The molecule has 0 saturated heterocycles. The summed E-state index contributed by atoms with van der Waals surface area (Å²) in [6.07, 6.45) is -0.114. The molecule has 0 amide bonds. The van der Waals surface area contributed by atoms with Gasteiger partial charge in [0.15, 0.2) is 0 Å². The first kappa shape index (κ1) is 12.5. The fraction of sp³-hybridized carbons (Fsp3) is 0.364. The molecule has 1 atom stereocenters. The van der Waals surface area contributed by atoms with Gasteiger partial charge < -0.3 is 20.3 Å². The summed E-state index contributed by atoms with van der Waals surface area (Å²) in [4.78, 5) is 10.6. The number of carbonyl (C=O) groups excluding carboxylic acids is 1. The van der Waals surface area contributed by atoms with E-state index in [0.29, 0.717) is 17.0 Å². The number of aldehydes is 1. The maximum absolute atomic E-state index is 10.6. The molecule has 1 aromatic rings. The molecule has 0 aromatic heterocycles. The molecular weight excluding hydrogens is 210 g/mol. The molecule has 0 aliphatic rings. The van der Waals surface area contributed by atoms with Crippen LogP contribution in [0.4, 0.5) is 5.69 Å². The van der Waals surface area contributed by atoms with Crippen LogP contribution in [0.1, 0.15) is 10.4 Å². The molecule has 0 fully saturated rings. The quantitative estimate of drug-likeness (QED) is 0.606. The van der Waals surface area contributed by atoms with Crippen molar-refractivity contribution < 1.29 is 19.7 Å². The van der Waals surface area contributed by atoms with E-state index in [1.165, 1.54) is 7.11 Å². The number of anilines is 1. The van der Waals surface area contributed by atoms with Gasteiger partial charge in [-0.1, -0.05) is 0 Å². The SMILES string of the molecule is COc1ccc(C=O)cc1NCC(O)CO. The Morgan fingerprint density at radius 1 is 1.56 bits per heavy atom. The fourth-order valence-electron chi connectivity index (χ4n) is 1.23. The van der Waals surface area contributed by atoms with E-state index >= 15 is 0 Å². The lowest BCUT2D eigenvalue weighted by molar-refractivity contribution is 0.105. The van der Waals surface area contributed by atoms with Crippen molar-refractivity contribution in [3.8, 4) is 5.75 Å². The van der Waals surface area contributed by atoms with E-state index in [4.69, 9.17) is 9.84 Å². The molecule has 88 valence electrons. The summed E-state index contributed by atoms with van der Waals surface area (Å²) in [6, 6.07) is 4.92. The van der Waals surface area contributed by atoms with Gasteiger partial charge >= 0.3 is 0 Å². The molecule has 0 radical (unpaired) electrons. The van der Waals surface area contributed by atoms with Gasteiger partial charge in [0.2, 0.25) is 0 Å². The number of ether oxygens (including phenoxy) is 1. The second-order valence-electron chi connectivity index (χ2n) is 3.29. The minimum Gasteiger partial charge on any atom is -0.495 e. The van der Waals surface area contributed by atoms with E-state index in [-0.39, 0.29) is 13.2 Å². The first-order valence-corrected chi connectivity index (χ1v) is 4.87. The summed E-state index contributed by atoms with van der Waals surface area (Å²) in [5.41, 5.74) is 1.13. The van der Waals surface area contributed by atoms with Crippen LogP contribution in [-0.2, 0) is 0 Å². The molecule has 0 heterocycles. The zero-order chi connectivity index (χ0) is 12.0. The van der Waals surface area contributed by atoms with Crippen LogP contribution >= 0.6 is 0 Å². The third-order valence-electron chi connectivity index (χ3n) is 2.10. The number of nitrogens with one attached hydrogen (secondary N) is 1. The lowest BCUT2D eigenvalue weighted by atomic mass is 10.2. The standard InChI is InChI=1S/C11H15NO4/c1-16-11-3-2-8(6-13)4-10(11)12-5-9(15)7-14/h2-4,6,9,12,14-15H,5,7H2,1H3. The molecule has 3 N–H and O–H groups in total. The molecule has 1 unspecified atom stereocenters. The van der Waals surface area contributed by atoms with Crippen LogP contribution < -0.4 is 10.1 Å². The number of rotatable bonds is 6. The Balaban J connectivity index is 2.78. The molecule has 5 nitrogen and oxygen atoms in total. The predicted molar refractivity (Wildman–Crippen MR) is 60.0 cm³/mol. The van der Waals surface area contributed by atoms with Gasteiger partial charge in [-0.2, -0.15) is 0 Å². The van der Waals surface area contributed by atoms with Crippen LogP contribution in [0.5, 0.6) is 5.75 Å². The van der Waals surface area contributed by atoms with Gasteiger partial charge in [-0.05, 0) is 18.2 Å². The van der Waals surface area contributed by atoms with Crippen LogP contribution in [0.25, 0.3) is 0 Å². The third-order valence-corrected chi connectivity index (χ3v) is 2.10. The van der Waals surface area contributed by atoms with Crippen LogP contribution in [0.3, 0.4) is 0 Å². The summed E-state index contributed by atoms with van der Waals surface area (Å²) in [5.74, 6) is 0.579. The van der Waals surface area contributed by atoms with Gasteiger partial charge in [0.1, 0.15) is 12.0 Å². The highest BCUT2D eigenvalue weighted by atomic mass is 16.5. The van der Waals surface area contributed by atoms with E-state index in [1.807, 2.05) is 0 Å². The van der Waals surface area contributed by atoms with Gasteiger partial charge in [0, 0.05) is 12.1 Å². The molecule has 0 saturated carbocycles. The fourth-order valence-corrected chi connectivity index (χ4v) is 1.23. The number of aliphatic hydroxyl groups excluding tert-OH is 2. The average Bonchev–Trinajstić information content (AvgIpc) is 2.35. The van der Waals surface area contributed by atoms with Crippen molar-refractivity contribution in [2.45, 2.75) is 6.10 Å². The Morgan fingerprint density at radius 2 is 2.31 bits per heavy atom. The summed E-state index contributed by atoms with van der Waals surface area (Å²) >= 11 is 0. The molecule has 1 rings (SSSR count). The lowest BCUT2D eigenvalue weighted by Gasteiger charge is -2.13. The van der Waals surface area contributed by atoms with Crippen LogP contribution in [-0.4, -0.2) is 42.9 Å². The van der Waals surface area contributed by atoms with Crippen molar-refractivity contribution >= 4 is 12.0 Å². The van der Waals surface area contributed by atoms with Crippen molar-refractivity contribution in [1.82, 2.24) is 0 Å². The highest BCUT2D eigenvalue weighted by molar-refractivity contribution is 5.78. The Hall–Kier alpha value is -1.59. The molecule has 0 spiro atoms. The zero-order valence-electron chi connectivity index (χ0n) is 9.01. The van der Waals surface area contributed by atoms with Gasteiger partial charge in [-0.25, -0.2) is 0 Å². The van der Waals surface area contributed by atoms with E-state index in [0.717, 1.165) is 6.29 Å². The molecule has 0 aliphatic carbocycles. The molecule has 1 aromatic carbocycles. The van der Waals surface area contributed by atoms with Crippen molar-refractivity contribution in [2.24, 2.45) is 0 Å². The highest BCUT2D eigenvalue weighted by Gasteiger charge is 2.06. The van der Waals surface area contributed by atoms with Crippen LogP contribution in [0.15, 0.2) is 18.2 Å². The summed E-state index contributed by atoms with van der Waals surface area (Å²) in [5, 5.41) is 20.7. The lowest BCUT2D eigenvalue weighted by Crippen LogP contribution is -2.23. The Bertz CT molecular complexity index is 354. The van der Waals surface area contributed by atoms with Gasteiger partial charge in [-0.3, -0.25) is 4.79 Å². The first-order valence-electron chi connectivity index (χ1n) is 4.87. The number of hydrogen-bond acceptors (Lipinski definition) is 5. The number of carbonyl (C=O) groups is 1. The molecule has 16 heavy (non-hydrogen) atoms. The zero-order valence-corrected chi connectivity index (χ0v) is 9.01. The Labute approximate surface area is 93.7 Å². The summed E-state index contributed by atoms with van der Waals surface area (Å²) < 4.78 is 5.09. The predicted octanol–water partition coefficient (Wildman–Crippen LogP) is 0.273. The van der Waals surface area contributed by atoms with Crippen molar-refractivity contribution in [3.63, 3.8) is 0 Å². The second kappa shape index (κ2) is 6.09. The maximum Gasteiger partial charge on any atom is 0.150 e. The number of aliphatic hydroxyl groups is 2. The van der Waals surface area contributed by atoms with Crippen molar-refractivity contribution in [3.05, 3.63) is 23.8 Å². The normalized spacial score (nSPS) is 11.9. The van der Waals surface area contributed by atoms with E-state index in [9.17, 15) is 9.90 Å². The smallest absolute Gasteiger partial charge is 0.150 e. The first-order chi connectivity index (χ1) is 7.71. The third kappa shape index (κ3) is 3.22. The number of hydrogen-bond donors (Lipinski definition) is 3. The number of benzene rings is 1. The average molecular weight is 225 g/mol. The summed E-state index contributed by atoms with van der Waals surface area (Å²) in [7, 11) is 1.52. The van der Waals surface area contributed by atoms with Crippen molar-refractivity contribution in [2.75, 3.05) is 25.6 Å². The molecule has 5 heteroatoms. The minimum absolute atomic E-state index is 0.190. The molecule has 0 bridgehead atoms. The van der Waals surface area contributed by atoms with Gasteiger partial charge in [-0.15, -0.1) is 0 Å². The van der Waals surface area contributed by atoms with E-state index < -0.39 is 6.10 Å². The molecule has 0 aliphatic heterocycles. The largest absolute Gasteiger partial charge is 0.495 e. The highest BCUT2D eigenvalue weighted by Crippen LogP contribution is 2.24. The monoisotopic (exact) mass is 225 g/mol. The Morgan fingerprint density at radius 3 is 2.88 bits per heavy atom. The Kier molecular flexibility index (Phi) is 4.75.